The van der Waals surface area contributed by atoms with Crippen LogP contribution in [0.5, 0.6) is 23.0 Å². The van der Waals surface area contributed by atoms with E-state index in [4.69, 9.17) is 0 Å². The number of aromatic hydroxyl groups is 4. The highest BCUT2D eigenvalue weighted by molar-refractivity contribution is 5.78. The molecule has 1 saturated carbocycles. The third-order valence-corrected chi connectivity index (χ3v) is 9.10. The van der Waals surface area contributed by atoms with Crippen molar-refractivity contribution in [3.8, 4) is 45.3 Å². The second-order valence-electron chi connectivity index (χ2n) is 11.6. The molecular formula is C38H36O4. The second kappa shape index (κ2) is 11.3. The summed E-state index contributed by atoms with van der Waals surface area (Å²) in [6.07, 6.45) is 6.30. The van der Waals surface area contributed by atoms with Crippen LogP contribution in [0.2, 0.25) is 0 Å². The Hall–Kier alpha value is -4.70. The third kappa shape index (κ3) is 4.98. The predicted molar refractivity (Wildman–Crippen MR) is 168 cm³/mol. The van der Waals surface area contributed by atoms with Crippen LogP contribution in [0.1, 0.15) is 67.2 Å². The lowest BCUT2D eigenvalue weighted by Crippen LogP contribution is -2.25. The number of hydrogen-bond donors (Lipinski definition) is 4. The van der Waals surface area contributed by atoms with Crippen LogP contribution in [0.15, 0.2) is 109 Å². The van der Waals surface area contributed by atoms with E-state index in [9.17, 15) is 20.4 Å². The highest BCUT2D eigenvalue weighted by atomic mass is 16.3. The van der Waals surface area contributed by atoms with Gasteiger partial charge in [-0.1, -0.05) is 92.1 Å². The summed E-state index contributed by atoms with van der Waals surface area (Å²) < 4.78 is 0. The molecule has 0 spiro atoms. The Morgan fingerprint density at radius 2 is 0.905 bits per heavy atom. The summed E-state index contributed by atoms with van der Waals surface area (Å²) in [5.41, 5.74) is 5.72. The van der Waals surface area contributed by atoms with Crippen molar-refractivity contribution in [2.24, 2.45) is 0 Å². The van der Waals surface area contributed by atoms with Gasteiger partial charge in [0, 0.05) is 27.7 Å². The Morgan fingerprint density at radius 3 is 1.38 bits per heavy atom. The average Bonchev–Trinajstić information content (AvgIpc) is 3.02. The third-order valence-electron chi connectivity index (χ3n) is 9.10. The van der Waals surface area contributed by atoms with E-state index in [0.717, 1.165) is 16.7 Å². The average molecular weight is 557 g/mol. The molecule has 42 heavy (non-hydrogen) atoms. The molecule has 0 unspecified atom stereocenters. The van der Waals surface area contributed by atoms with Crippen LogP contribution in [0.4, 0.5) is 0 Å². The van der Waals surface area contributed by atoms with E-state index in [1.807, 2.05) is 36.4 Å². The Balaban J connectivity index is 1.54. The van der Waals surface area contributed by atoms with Gasteiger partial charge in [-0.3, -0.25) is 0 Å². The minimum atomic E-state index is -0.704. The van der Waals surface area contributed by atoms with E-state index in [-0.39, 0.29) is 23.0 Å². The van der Waals surface area contributed by atoms with Gasteiger partial charge in [-0.25, -0.2) is 0 Å². The minimum absolute atomic E-state index is 0.0795. The van der Waals surface area contributed by atoms with Gasteiger partial charge in [-0.15, -0.1) is 0 Å². The maximum Gasteiger partial charge on any atom is 0.123 e. The summed E-state index contributed by atoms with van der Waals surface area (Å²) in [4.78, 5) is 0. The first kappa shape index (κ1) is 27.5. The lowest BCUT2D eigenvalue weighted by molar-refractivity contribution is 0.443. The van der Waals surface area contributed by atoms with E-state index in [2.05, 4.69) is 31.2 Å². The van der Waals surface area contributed by atoms with Gasteiger partial charge in [0.15, 0.2) is 0 Å². The molecule has 0 aliphatic heterocycles. The lowest BCUT2D eigenvalue weighted by atomic mass is 9.69. The zero-order chi connectivity index (χ0) is 29.3. The fourth-order valence-corrected chi connectivity index (χ4v) is 6.55. The zero-order valence-electron chi connectivity index (χ0n) is 23.8. The number of phenols is 4. The minimum Gasteiger partial charge on any atom is -0.507 e. The van der Waals surface area contributed by atoms with Crippen molar-refractivity contribution < 1.29 is 20.4 Å². The monoisotopic (exact) mass is 556 g/mol. The fourth-order valence-electron chi connectivity index (χ4n) is 6.55. The van der Waals surface area contributed by atoms with Crippen molar-refractivity contribution in [1.29, 1.82) is 0 Å². The highest BCUT2D eigenvalue weighted by Gasteiger charge is 2.33. The first-order valence-corrected chi connectivity index (χ1v) is 14.7. The Bertz CT molecular complexity index is 1620. The van der Waals surface area contributed by atoms with Gasteiger partial charge in [0.25, 0.3) is 0 Å². The van der Waals surface area contributed by atoms with Gasteiger partial charge in [-0.2, -0.15) is 0 Å². The molecule has 5 aromatic carbocycles. The van der Waals surface area contributed by atoms with E-state index >= 15 is 0 Å². The molecule has 0 heterocycles. The number of rotatable bonds is 6. The summed E-state index contributed by atoms with van der Waals surface area (Å²) in [5.74, 6) is 0.929. The molecule has 1 aliphatic rings. The van der Waals surface area contributed by atoms with Crippen LogP contribution in [-0.4, -0.2) is 20.4 Å². The molecule has 1 fully saturated rings. The molecule has 0 bridgehead atoms. The van der Waals surface area contributed by atoms with Gasteiger partial charge in [0.1, 0.15) is 23.0 Å². The quantitative estimate of drug-likeness (QED) is 0.157. The van der Waals surface area contributed by atoms with Gasteiger partial charge < -0.3 is 20.4 Å². The van der Waals surface area contributed by atoms with Crippen LogP contribution >= 0.6 is 0 Å². The molecule has 4 nitrogen and oxygen atoms in total. The van der Waals surface area contributed by atoms with E-state index in [1.165, 1.54) is 37.7 Å². The SMILES string of the molecule is CC(c1ccc(C2CCCCC2)cc1)(c1ccc(O)c(-c2ccccc2O)c1)c1ccc(O)c(-c2ccccc2O)c1. The zero-order valence-corrected chi connectivity index (χ0v) is 23.8. The summed E-state index contributed by atoms with van der Waals surface area (Å²) in [7, 11) is 0. The molecule has 0 aromatic heterocycles. The smallest absolute Gasteiger partial charge is 0.123 e. The molecule has 0 amide bonds. The van der Waals surface area contributed by atoms with Crippen molar-refractivity contribution >= 4 is 0 Å². The van der Waals surface area contributed by atoms with Crippen molar-refractivity contribution in [3.63, 3.8) is 0 Å². The Kier molecular flexibility index (Phi) is 7.38. The molecule has 6 rings (SSSR count). The fraction of sp³-hybridized carbons (Fsp3) is 0.211. The van der Waals surface area contributed by atoms with E-state index < -0.39 is 5.41 Å². The topological polar surface area (TPSA) is 80.9 Å². The Labute approximate surface area is 247 Å². The van der Waals surface area contributed by atoms with Crippen LogP contribution in [-0.2, 0) is 5.41 Å². The number of para-hydroxylation sites is 2. The van der Waals surface area contributed by atoms with Crippen LogP contribution in [0.25, 0.3) is 22.3 Å². The van der Waals surface area contributed by atoms with Gasteiger partial charge in [-0.05, 0) is 84.3 Å². The molecule has 0 radical (unpaired) electrons. The summed E-state index contributed by atoms with van der Waals surface area (Å²) >= 11 is 0. The summed E-state index contributed by atoms with van der Waals surface area (Å²) in [5, 5.41) is 43.0. The van der Waals surface area contributed by atoms with E-state index in [0.29, 0.717) is 28.2 Å². The molecule has 212 valence electrons. The second-order valence-corrected chi connectivity index (χ2v) is 11.6. The lowest BCUT2D eigenvalue weighted by Gasteiger charge is -2.33. The van der Waals surface area contributed by atoms with Crippen LogP contribution in [0, 0.1) is 0 Å². The number of benzene rings is 5. The molecule has 1 aliphatic carbocycles. The molecule has 5 aromatic rings. The van der Waals surface area contributed by atoms with Crippen molar-refractivity contribution in [2.75, 3.05) is 0 Å². The number of hydrogen-bond acceptors (Lipinski definition) is 4. The normalized spacial score (nSPS) is 14.1. The molecule has 0 saturated heterocycles. The first-order chi connectivity index (χ1) is 20.4. The van der Waals surface area contributed by atoms with Crippen LogP contribution in [0.3, 0.4) is 0 Å². The maximum atomic E-state index is 10.9. The molecule has 4 N–H and O–H groups in total. The van der Waals surface area contributed by atoms with Crippen molar-refractivity contribution in [2.45, 2.75) is 50.4 Å². The predicted octanol–water partition coefficient (Wildman–Crippen LogP) is 9.24. The largest absolute Gasteiger partial charge is 0.507 e. The van der Waals surface area contributed by atoms with Crippen molar-refractivity contribution in [3.05, 3.63) is 131 Å². The van der Waals surface area contributed by atoms with Gasteiger partial charge >= 0.3 is 0 Å². The molecule has 4 heteroatoms. The van der Waals surface area contributed by atoms with Gasteiger partial charge in [0.05, 0.1) is 0 Å². The number of phenolic OH excluding ortho intramolecular Hbond substituents is 4. The van der Waals surface area contributed by atoms with Crippen LogP contribution < -0.4 is 0 Å². The summed E-state index contributed by atoms with van der Waals surface area (Å²) in [6, 6.07) is 34.0. The summed E-state index contributed by atoms with van der Waals surface area (Å²) in [6.45, 7) is 2.14. The molecular weight excluding hydrogens is 520 g/mol. The standard InChI is InChI=1S/C38H36O4/c1-38(27-17-15-26(16-18-27)25-9-3-2-4-10-25,28-19-21-36(41)32(23-28)30-11-5-7-13-34(30)39)29-20-22-37(42)33(24-29)31-12-6-8-14-35(31)40/h5-8,11-25,39-42H,2-4,9-10H2,1H3. The van der Waals surface area contributed by atoms with Gasteiger partial charge in [0.2, 0.25) is 0 Å². The maximum absolute atomic E-state index is 10.9. The van der Waals surface area contributed by atoms with E-state index in [1.54, 1.807) is 48.5 Å². The van der Waals surface area contributed by atoms with Crippen molar-refractivity contribution in [1.82, 2.24) is 0 Å². The molecule has 0 atom stereocenters. The highest BCUT2D eigenvalue weighted by Crippen LogP contribution is 2.46. The Morgan fingerprint density at radius 1 is 0.476 bits per heavy atom. The first-order valence-electron chi connectivity index (χ1n) is 14.7.